The molecule has 0 aliphatic rings. The van der Waals surface area contributed by atoms with Gasteiger partial charge < -0.3 is 4.74 Å². The number of ketones is 1. The van der Waals surface area contributed by atoms with Crippen LogP contribution < -0.4 is 4.74 Å². The maximum atomic E-state index is 13.2. The number of Topliss-reactive ketones (excluding diaryl/α,β-unsaturated/α-hetero) is 1. The number of benzene rings is 3. The summed E-state index contributed by atoms with van der Waals surface area (Å²) in [7, 11) is -2.66. The zero-order chi connectivity index (χ0) is 23.4. The van der Waals surface area contributed by atoms with Crippen LogP contribution in [-0.4, -0.2) is 21.3 Å². The van der Waals surface area contributed by atoms with E-state index < -0.39 is 38.0 Å². The zero-order valence-electron chi connectivity index (χ0n) is 17.0. The van der Waals surface area contributed by atoms with Gasteiger partial charge in [0, 0.05) is 5.56 Å². The van der Waals surface area contributed by atoms with Gasteiger partial charge in [0.15, 0.2) is 9.84 Å². The fraction of sp³-hybridized carbons (Fsp3) is 0.125. The molecule has 3 aromatic rings. The number of sulfone groups is 1. The van der Waals surface area contributed by atoms with Crippen LogP contribution in [0.2, 0.25) is 0 Å². The van der Waals surface area contributed by atoms with Gasteiger partial charge in [-0.25, -0.2) is 8.42 Å². The topological polar surface area (TPSA) is 60.4 Å². The lowest BCUT2D eigenvalue weighted by Crippen LogP contribution is -2.16. The number of hydrogen-bond donors (Lipinski definition) is 0. The van der Waals surface area contributed by atoms with Crippen LogP contribution in [0.4, 0.5) is 13.2 Å². The molecule has 0 amide bonds. The lowest BCUT2D eigenvalue weighted by molar-refractivity contribution is -0.137. The molecule has 0 aliphatic heterocycles. The first kappa shape index (κ1) is 23.3. The second-order valence-electron chi connectivity index (χ2n) is 6.93. The second-order valence-corrected chi connectivity index (χ2v) is 8.89. The Balaban J connectivity index is 2.05. The number of halogens is 3. The molecule has 0 bridgehead atoms. The zero-order valence-corrected chi connectivity index (χ0v) is 17.8. The Morgan fingerprint density at radius 1 is 0.906 bits per heavy atom. The molecule has 3 rings (SSSR count). The summed E-state index contributed by atoms with van der Waals surface area (Å²) in [5, 5.41) is 0. The highest BCUT2D eigenvalue weighted by Crippen LogP contribution is 2.30. The molecule has 0 radical (unpaired) electrons. The maximum Gasteiger partial charge on any atom is 0.416 e. The van der Waals surface area contributed by atoms with Gasteiger partial charge in [0.05, 0.1) is 18.4 Å². The van der Waals surface area contributed by atoms with Crippen molar-refractivity contribution in [2.45, 2.75) is 11.9 Å². The molecule has 0 aromatic heterocycles. The predicted octanol–water partition coefficient (Wildman–Crippen LogP) is 5.55. The molecular formula is C24H19F3O4S. The van der Waals surface area contributed by atoms with Gasteiger partial charge in [-0.2, -0.15) is 13.2 Å². The van der Waals surface area contributed by atoms with Crippen LogP contribution in [0.15, 0.2) is 83.8 Å². The molecule has 0 unspecified atom stereocenters. The monoisotopic (exact) mass is 460 g/mol. The third kappa shape index (κ3) is 5.64. The molecule has 0 spiro atoms. The average molecular weight is 460 g/mol. The lowest BCUT2D eigenvalue weighted by Gasteiger charge is -2.11. The molecule has 8 heteroatoms. The first-order valence-electron chi connectivity index (χ1n) is 9.44. The second kappa shape index (κ2) is 9.40. The minimum Gasteiger partial charge on any atom is -0.497 e. The van der Waals surface area contributed by atoms with Crippen LogP contribution in [0, 0.1) is 0 Å². The molecule has 0 atom stereocenters. The van der Waals surface area contributed by atoms with Crippen LogP contribution in [0.25, 0.3) is 6.08 Å². The number of carbonyl (C=O) groups excluding carboxylic acids is 1. The lowest BCUT2D eigenvalue weighted by atomic mass is 10.1. The van der Waals surface area contributed by atoms with Crippen LogP contribution in [0.3, 0.4) is 0 Å². The number of ether oxygens (including phenoxy) is 1. The van der Waals surface area contributed by atoms with E-state index in [4.69, 9.17) is 4.74 Å². The Morgan fingerprint density at radius 2 is 1.50 bits per heavy atom. The minimum atomic E-state index is -4.52. The highest BCUT2D eigenvalue weighted by Gasteiger charge is 2.30. The maximum absolute atomic E-state index is 13.2. The Hall–Kier alpha value is -3.39. The van der Waals surface area contributed by atoms with Crippen molar-refractivity contribution in [2.75, 3.05) is 7.11 Å². The van der Waals surface area contributed by atoms with E-state index in [9.17, 15) is 26.4 Å². The molecule has 0 aliphatic carbocycles. The fourth-order valence-corrected chi connectivity index (χ4v) is 4.48. The summed E-state index contributed by atoms with van der Waals surface area (Å²) >= 11 is 0. The Morgan fingerprint density at radius 3 is 2.03 bits per heavy atom. The van der Waals surface area contributed by atoms with E-state index in [0.717, 1.165) is 30.3 Å². The number of methoxy groups -OCH3 is 1. The molecule has 32 heavy (non-hydrogen) atoms. The number of rotatable bonds is 7. The van der Waals surface area contributed by atoms with Crippen molar-refractivity contribution in [1.29, 1.82) is 0 Å². The first-order chi connectivity index (χ1) is 15.1. The summed E-state index contributed by atoms with van der Waals surface area (Å²) in [6.45, 7) is 0. The van der Waals surface area contributed by atoms with Crippen molar-refractivity contribution >= 4 is 21.7 Å². The van der Waals surface area contributed by atoms with Gasteiger partial charge in [0.25, 0.3) is 0 Å². The summed E-state index contributed by atoms with van der Waals surface area (Å²) in [6, 6.07) is 18.2. The van der Waals surface area contributed by atoms with E-state index in [2.05, 4.69) is 0 Å². The average Bonchev–Trinajstić information content (AvgIpc) is 2.77. The van der Waals surface area contributed by atoms with Gasteiger partial charge in [-0.3, -0.25) is 4.79 Å². The van der Waals surface area contributed by atoms with Crippen molar-refractivity contribution in [3.63, 3.8) is 0 Å². The molecule has 0 heterocycles. The molecule has 0 saturated carbocycles. The fourth-order valence-electron chi connectivity index (χ4n) is 2.97. The number of allylic oxidation sites excluding steroid dienone is 1. The Labute approximate surface area is 183 Å². The van der Waals surface area contributed by atoms with E-state index in [0.29, 0.717) is 11.3 Å². The van der Waals surface area contributed by atoms with Crippen molar-refractivity contribution in [3.8, 4) is 5.75 Å². The van der Waals surface area contributed by atoms with Gasteiger partial charge >= 0.3 is 6.18 Å². The highest BCUT2D eigenvalue weighted by molar-refractivity contribution is 7.95. The van der Waals surface area contributed by atoms with Crippen molar-refractivity contribution < 1.29 is 31.1 Å². The number of hydrogen-bond acceptors (Lipinski definition) is 4. The van der Waals surface area contributed by atoms with Crippen molar-refractivity contribution in [2.24, 2.45) is 0 Å². The molecule has 166 valence electrons. The van der Waals surface area contributed by atoms with Crippen molar-refractivity contribution in [3.05, 3.63) is 106 Å². The normalized spacial score (nSPS) is 12.4. The largest absolute Gasteiger partial charge is 0.497 e. The van der Waals surface area contributed by atoms with E-state index in [1.165, 1.54) is 31.4 Å². The van der Waals surface area contributed by atoms with E-state index in [1.807, 2.05) is 0 Å². The van der Waals surface area contributed by atoms with Crippen LogP contribution >= 0.6 is 0 Å². The Bertz CT molecular complexity index is 1210. The van der Waals surface area contributed by atoms with E-state index in [-0.39, 0.29) is 11.1 Å². The first-order valence-corrected chi connectivity index (χ1v) is 11.1. The quantitative estimate of drug-likeness (QED) is 0.343. The predicted molar refractivity (Wildman–Crippen MR) is 116 cm³/mol. The highest BCUT2D eigenvalue weighted by atomic mass is 32.2. The van der Waals surface area contributed by atoms with Crippen molar-refractivity contribution in [1.82, 2.24) is 0 Å². The van der Waals surface area contributed by atoms with Gasteiger partial charge in [-0.05, 0) is 53.6 Å². The summed E-state index contributed by atoms with van der Waals surface area (Å²) in [5.41, 5.74) is -0.120. The molecule has 0 saturated heterocycles. The standard InChI is InChI=1S/C24H19F3O4S/c1-31-21-13-9-19(10-14-21)23(28)22(32(29,30)16-18-5-3-2-4-6-18)15-17-7-11-20(12-8-17)24(25,26)27/h2-15H,16H2,1H3/b22-15+. The van der Waals surface area contributed by atoms with Gasteiger partial charge in [-0.1, -0.05) is 42.5 Å². The van der Waals surface area contributed by atoms with Gasteiger partial charge in [0.1, 0.15) is 10.7 Å². The summed E-state index contributed by atoms with van der Waals surface area (Å²) < 4.78 is 70.0. The van der Waals surface area contributed by atoms with Crippen LogP contribution in [0.5, 0.6) is 5.75 Å². The molecule has 3 aromatic carbocycles. The van der Waals surface area contributed by atoms with Gasteiger partial charge in [-0.15, -0.1) is 0 Å². The van der Waals surface area contributed by atoms with E-state index in [1.54, 1.807) is 30.3 Å². The van der Waals surface area contributed by atoms with Crippen LogP contribution in [-0.2, 0) is 21.8 Å². The third-order valence-electron chi connectivity index (χ3n) is 4.65. The molecule has 0 N–H and O–H groups in total. The SMILES string of the molecule is COc1ccc(C(=O)/C(=C\c2ccc(C(F)(F)F)cc2)S(=O)(=O)Cc2ccccc2)cc1. The van der Waals surface area contributed by atoms with Crippen LogP contribution in [0.1, 0.15) is 27.0 Å². The summed E-state index contributed by atoms with van der Waals surface area (Å²) in [4.78, 5) is 12.6. The van der Waals surface area contributed by atoms with E-state index >= 15 is 0 Å². The van der Waals surface area contributed by atoms with Gasteiger partial charge in [0.2, 0.25) is 5.78 Å². The number of alkyl halides is 3. The summed E-state index contributed by atoms with van der Waals surface area (Å²) in [5.74, 6) is -0.701. The minimum absolute atomic E-state index is 0.112. The molecule has 0 fully saturated rings. The summed E-state index contributed by atoms with van der Waals surface area (Å²) in [6.07, 6.45) is -3.42. The third-order valence-corrected chi connectivity index (χ3v) is 6.33. The molecule has 4 nitrogen and oxygen atoms in total. The smallest absolute Gasteiger partial charge is 0.416 e. The molecular weight excluding hydrogens is 441 g/mol. The Kier molecular flexibility index (Phi) is 6.84. The number of carbonyl (C=O) groups is 1.